The number of amides is 1. The first kappa shape index (κ1) is 18.8. The molecule has 0 saturated carbocycles. The Morgan fingerprint density at radius 3 is 2.33 bits per heavy atom. The van der Waals surface area contributed by atoms with E-state index < -0.39 is 15.9 Å². The van der Waals surface area contributed by atoms with Gasteiger partial charge < -0.3 is 16.0 Å². The van der Waals surface area contributed by atoms with Gasteiger partial charge in [0.1, 0.15) is 6.17 Å². The van der Waals surface area contributed by atoms with Gasteiger partial charge in [0.2, 0.25) is 9.70 Å². The molecule has 4 nitrogen and oxygen atoms in total. The summed E-state index contributed by atoms with van der Waals surface area (Å²) in [5.41, 5.74) is 0.769. The van der Waals surface area contributed by atoms with Crippen molar-refractivity contribution in [3.63, 3.8) is 0 Å². The highest BCUT2D eigenvalue weighted by molar-refractivity contribution is 14.1. The van der Waals surface area contributed by atoms with Crippen molar-refractivity contribution >= 4 is 86.3 Å². The largest absolute Gasteiger partial charge is 0.339 e. The lowest BCUT2D eigenvalue weighted by molar-refractivity contribution is -0.117. The fourth-order valence-electron chi connectivity index (χ4n) is 1.23. The molecular weight excluding hydrogens is 467 g/mol. The summed E-state index contributed by atoms with van der Waals surface area (Å²) in [4.78, 5) is 11.3. The van der Waals surface area contributed by atoms with Gasteiger partial charge in [-0.2, -0.15) is 0 Å². The van der Waals surface area contributed by atoms with Crippen molar-refractivity contribution in [2.75, 3.05) is 5.32 Å². The smallest absolute Gasteiger partial charge is 0.245 e. The third kappa shape index (κ3) is 7.01. The lowest BCUT2D eigenvalue weighted by Crippen LogP contribution is -2.55. The van der Waals surface area contributed by atoms with Gasteiger partial charge in [0.05, 0.1) is 0 Å². The van der Waals surface area contributed by atoms with Crippen molar-refractivity contribution in [2.24, 2.45) is 0 Å². The molecule has 0 fully saturated rings. The van der Waals surface area contributed by atoms with E-state index in [9.17, 15) is 4.79 Å². The van der Waals surface area contributed by atoms with Crippen LogP contribution in [0.1, 0.15) is 0 Å². The van der Waals surface area contributed by atoms with E-state index in [1.165, 1.54) is 0 Å². The Bertz CT molecular complexity index is 534. The maximum atomic E-state index is 11.3. The molecule has 3 N–H and O–H groups in total. The summed E-state index contributed by atoms with van der Waals surface area (Å²) in [6.07, 6.45) is 0.0672. The fourth-order valence-corrected chi connectivity index (χ4v) is 2.16. The highest BCUT2D eigenvalue weighted by atomic mass is 127. The Kier molecular flexibility index (Phi) is 7.49. The van der Waals surface area contributed by atoms with Crippen molar-refractivity contribution < 1.29 is 4.79 Å². The molecule has 0 aliphatic carbocycles. The number of carbonyl (C=O) groups excluding carboxylic acids is 1. The lowest BCUT2D eigenvalue weighted by Gasteiger charge is -2.27. The Morgan fingerprint density at radius 1 is 1.29 bits per heavy atom. The molecule has 114 valence electrons. The second kappa shape index (κ2) is 8.38. The summed E-state index contributed by atoms with van der Waals surface area (Å²) in [5.74, 6) is -0.490. The molecule has 0 spiro atoms. The molecular formula is C12H11Cl3IN3OS. The zero-order chi connectivity index (χ0) is 16.0. The number of anilines is 1. The molecule has 1 rings (SSSR count). The van der Waals surface area contributed by atoms with Gasteiger partial charge in [0.25, 0.3) is 0 Å². The van der Waals surface area contributed by atoms with Gasteiger partial charge in [0, 0.05) is 9.26 Å². The van der Waals surface area contributed by atoms with Gasteiger partial charge in [-0.15, -0.1) is 0 Å². The molecule has 1 amide bonds. The molecule has 0 bridgehead atoms. The van der Waals surface area contributed by atoms with E-state index in [4.69, 9.17) is 47.0 Å². The first-order valence-electron chi connectivity index (χ1n) is 5.55. The van der Waals surface area contributed by atoms with Crippen molar-refractivity contribution in [2.45, 2.75) is 9.96 Å². The number of halogens is 4. The maximum Gasteiger partial charge on any atom is 0.245 e. The van der Waals surface area contributed by atoms with Gasteiger partial charge in [-0.1, -0.05) is 41.4 Å². The van der Waals surface area contributed by atoms with Gasteiger partial charge in [-0.3, -0.25) is 4.79 Å². The van der Waals surface area contributed by atoms with Gasteiger partial charge in [-0.05, 0) is 65.2 Å². The summed E-state index contributed by atoms with van der Waals surface area (Å²) in [5, 5.41) is 8.30. The average molecular weight is 479 g/mol. The number of benzene rings is 1. The summed E-state index contributed by atoms with van der Waals surface area (Å²) >= 11 is 24.7. The number of carbonyl (C=O) groups is 1. The molecule has 0 unspecified atom stereocenters. The molecule has 0 saturated heterocycles. The zero-order valence-electron chi connectivity index (χ0n) is 10.5. The van der Waals surface area contributed by atoms with Crippen LogP contribution in [0.2, 0.25) is 0 Å². The molecule has 0 heterocycles. The highest BCUT2D eigenvalue weighted by Crippen LogP contribution is 2.29. The van der Waals surface area contributed by atoms with Crippen LogP contribution < -0.4 is 16.0 Å². The standard InChI is InChI=1S/C12H11Cl3IN3OS/c1-2-9(20)18-10(12(13,14)15)19-11(21)17-8-5-3-7(16)4-6-8/h2-6,10H,1H2,(H,18,20)(H2,17,19,21)/t10-/m0/s1. The first-order chi connectivity index (χ1) is 9.72. The van der Waals surface area contributed by atoms with Crippen LogP contribution in [0.25, 0.3) is 0 Å². The lowest BCUT2D eigenvalue weighted by atomic mass is 10.3. The van der Waals surface area contributed by atoms with E-state index in [2.05, 4.69) is 45.1 Å². The van der Waals surface area contributed by atoms with Crippen LogP contribution in [0.15, 0.2) is 36.9 Å². The number of nitrogens with one attached hydrogen (secondary N) is 3. The monoisotopic (exact) mass is 477 g/mol. The molecule has 1 aromatic rings. The van der Waals surface area contributed by atoms with Crippen molar-refractivity contribution in [3.05, 3.63) is 40.5 Å². The van der Waals surface area contributed by atoms with E-state index in [0.29, 0.717) is 0 Å². The minimum atomic E-state index is -1.78. The summed E-state index contributed by atoms with van der Waals surface area (Å²) in [7, 11) is 0. The van der Waals surface area contributed by atoms with Crippen LogP contribution in [0.3, 0.4) is 0 Å². The number of alkyl halides is 3. The third-order valence-electron chi connectivity index (χ3n) is 2.18. The average Bonchev–Trinajstić information content (AvgIpc) is 2.39. The normalized spacial score (nSPS) is 12.2. The second-order valence-electron chi connectivity index (χ2n) is 3.79. The SMILES string of the molecule is C=CC(=O)N[C@@H](NC(=S)Nc1ccc(I)cc1)C(Cl)(Cl)Cl. The third-order valence-corrected chi connectivity index (χ3v) is 3.77. The van der Waals surface area contributed by atoms with Gasteiger partial charge >= 0.3 is 0 Å². The predicted octanol–water partition coefficient (Wildman–Crippen LogP) is 3.58. The molecule has 1 aromatic carbocycles. The minimum absolute atomic E-state index is 0.205. The van der Waals surface area contributed by atoms with E-state index in [1.807, 2.05) is 24.3 Å². The number of thiocarbonyl (C=S) groups is 1. The van der Waals surface area contributed by atoms with Crippen molar-refractivity contribution in [1.29, 1.82) is 0 Å². The van der Waals surface area contributed by atoms with Gasteiger partial charge in [0.15, 0.2) is 5.11 Å². The van der Waals surface area contributed by atoms with Crippen molar-refractivity contribution in [1.82, 2.24) is 10.6 Å². The molecule has 21 heavy (non-hydrogen) atoms. The second-order valence-corrected chi connectivity index (χ2v) is 7.82. The molecule has 0 radical (unpaired) electrons. The van der Waals surface area contributed by atoms with Crippen molar-refractivity contribution in [3.8, 4) is 0 Å². The Hall–Kier alpha value is -0.280. The number of hydrogen-bond donors (Lipinski definition) is 3. The van der Waals surface area contributed by atoms with E-state index in [0.717, 1.165) is 15.3 Å². The molecule has 1 atom stereocenters. The summed E-state index contributed by atoms with van der Waals surface area (Å²) < 4.78 is -0.689. The van der Waals surface area contributed by atoms with E-state index in [-0.39, 0.29) is 5.11 Å². The van der Waals surface area contributed by atoms with Gasteiger partial charge in [-0.25, -0.2) is 0 Å². The quantitative estimate of drug-likeness (QED) is 0.204. The number of hydrogen-bond acceptors (Lipinski definition) is 2. The number of rotatable bonds is 4. The molecule has 0 aliphatic heterocycles. The molecule has 0 aromatic heterocycles. The Balaban J connectivity index is 2.69. The van der Waals surface area contributed by atoms with Crippen LogP contribution >= 0.6 is 69.6 Å². The topological polar surface area (TPSA) is 53.2 Å². The summed E-state index contributed by atoms with van der Waals surface area (Å²) in [6.45, 7) is 3.33. The van der Waals surface area contributed by atoms with E-state index >= 15 is 0 Å². The van der Waals surface area contributed by atoms with E-state index in [1.54, 1.807) is 0 Å². The van der Waals surface area contributed by atoms with Crippen LogP contribution in [0.4, 0.5) is 5.69 Å². The Morgan fingerprint density at radius 2 is 1.86 bits per heavy atom. The zero-order valence-corrected chi connectivity index (χ0v) is 15.7. The Labute approximate surface area is 156 Å². The minimum Gasteiger partial charge on any atom is -0.339 e. The summed E-state index contributed by atoms with van der Waals surface area (Å²) in [6, 6.07) is 7.53. The molecule has 9 heteroatoms. The fraction of sp³-hybridized carbons (Fsp3) is 0.167. The van der Waals surface area contributed by atoms with Crippen LogP contribution in [-0.2, 0) is 4.79 Å². The predicted molar refractivity (Wildman–Crippen MR) is 101 cm³/mol. The first-order valence-corrected chi connectivity index (χ1v) is 8.17. The van der Waals surface area contributed by atoms with Crippen LogP contribution in [0.5, 0.6) is 0 Å². The van der Waals surface area contributed by atoms with Crippen LogP contribution in [-0.4, -0.2) is 21.0 Å². The highest BCUT2D eigenvalue weighted by Gasteiger charge is 2.34. The maximum absolute atomic E-state index is 11.3. The molecule has 0 aliphatic rings. The van der Waals surface area contributed by atoms with Crippen LogP contribution in [0, 0.1) is 3.57 Å².